The Labute approximate surface area is 148 Å². The Kier molecular flexibility index (Phi) is 5.02. The zero-order valence-corrected chi connectivity index (χ0v) is 14.0. The van der Waals surface area contributed by atoms with Crippen LogP contribution in [0.3, 0.4) is 0 Å². The Bertz CT molecular complexity index is 914. The number of aromatic nitrogens is 1. The molecule has 3 nitrogen and oxygen atoms in total. The van der Waals surface area contributed by atoms with Crippen molar-refractivity contribution in [2.45, 2.75) is 32.0 Å². The van der Waals surface area contributed by atoms with E-state index in [4.69, 9.17) is 0 Å². The molecule has 0 fully saturated rings. The minimum Gasteiger partial charge on any atom is -0.478 e. The van der Waals surface area contributed by atoms with Gasteiger partial charge in [0.05, 0.1) is 5.56 Å². The molecule has 0 radical (unpaired) electrons. The highest BCUT2D eigenvalue weighted by molar-refractivity contribution is 6.05. The van der Waals surface area contributed by atoms with Gasteiger partial charge in [-0.1, -0.05) is 48.5 Å². The van der Waals surface area contributed by atoms with E-state index in [1.807, 2.05) is 30.3 Å². The van der Waals surface area contributed by atoms with Crippen LogP contribution >= 0.6 is 0 Å². The second-order valence-corrected chi connectivity index (χ2v) is 6.14. The summed E-state index contributed by atoms with van der Waals surface area (Å²) in [5, 5.41) is 9.47. The van der Waals surface area contributed by atoms with Gasteiger partial charge in [-0.2, -0.15) is 13.2 Å². The summed E-state index contributed by atoms with van der Waals surface area (Å²) in [6.45, 7) is 0.121. The van der Waals surface area contributed by atoms with Crippen LogP contribution in [0.1, 0.15) is 34.5 Å². The monoisotopic (exact) mass is 361 g/mol. The first kappa shape index (κ1) is 18.0. The van der Waals surface area contributed by atoms with Crippen LogP contribution in [0.25, 0.3) is 10.9 Å². The van der Waals surface area contributed by atoms with Crippen molar-refractivity contribution < 1.29 is 23.1 Å². The maximum absolute atomic E-state index is 13.6. The van der Waals surface area contributed by atoms with Crippen LogP contribution in [0.5, 0.6) is 0 Å². The van der Waals surface area contributed by atoms with E-state index in [0.29, 0.717) is 11.9 Å². The minimum absolute atomic E-state index is 0.121. The molecule has 1 heterocycles. The largest absolute Gasteiger partial charge is 0.478 e. The van der Waals surface area contributed by atoms with Gasteiger partial charge in [-0.15, -0.1) is 0 Å². The predicted octanol–water partition coefficient (Wildman–Crippen LogP) is 5.38. The molecule has 2 aromatic carbocycles. The van der Waals surface area contributed by atoms with Crippen molar-refractivity contribution in [2.24, 2.45) is 0 Å². The molecule has 0 unspecified atom stereocenters. The summed E-state index contributed by atoms with van der Waals surface area (Å²) < 4.78 is 41.9. The topological polar surface area (TPSA) is 42.2 Å². The number of halogens is 3. The number of aryl methyl sites for hydroxylation is 2. The molecule has 26 heavy (non-hydrogen) atoms. The van der Waals surface area contributed by atoms with E-state index in [-0.39, 0.29) is 11.9 Å². The molecule has 0 aliphatic carbocycles. The quantitative estimate of drug-likeness (QED) is 0.599. The van der Waals surface area contributed by atoms with E-state index >= 15 is 0 Å². The number of unbranched alkanes of at least 4 members (excludes halogenated alkanes) is 1. The fourth-order valence-corrected chi connectivity index (χ4v) is 3.29. The van der Waals surface area contributed by atoms with Gasteiger partial charge in [0, 0.05) is 17.4 Å². The molecule has 1 N–H and O–H groups in total. The van der Waals surface area contributed by atoms with E-state index in [2.05, 4.69) is 0 Å². The molecule has 136 valence electrons. The van der Waals surface area contributed by atoms with Crippen molar-refractivity contribution >= 4 is 16.9 Å². The summed E-state index contributed by atoms with van der Waals surface area (Å²) >= 11 is 0. The number of fused-ring (bicyclic) bond motifs is 1. The van der Waals surface area contributed by atoms with Crippen molar-refractivity contribution in [3.8, 4) is 0 Å². The second kappa shape index (κ2) is 7.23. The van der Waals surface area contributed by atoms with Crippen LogP contribution in [0.2, 0.25) is 0 Å². The normalized spacial score (nSPS) is 11.8. The van der Waals surface area contributed by atoms with Crippen LogP contribution in [-0.2, 0) is 19.1 Å². The highest BCUT2D eigenvalue weighted by Crippen LogP contribution is 2.38. The Morgan fingerprint density at radius 1 is 0.962 bits per heavy atom. The summed E-state index contributed by atoms with van der Waals surface area (Å²) in [6.07, 6.45) is -2.72. The van der Waals surface area contributed by atoms with E-state index in [9.17, 15) is 23.1 Å². The Hall–Kier alpha value is -2.76. The van der Waals surface area contributed by atoms with Gasteiger partial charge in [0.15, 0.2) is 0 Å². The average molecular weight is 361 g/mol. The maximum Gasteiger partial charge on any atom is 0.432 e. The average Bonchev–Trinajstić information content (AvgIpc) is 2.95. The third-order valence-corrected chi connectivity index (χ3v) is 4.39. The molecule has 6 heteroatoms. The number of nitrogens with zero attached hydrogens (tertiary/aromatic N) is 1. The smallest absolute Gasteiger partial charge is 0.432 e. The first-order valence-corrected chi connectivity index (χ1v) is 8.35. The van der Waals surface area contributed by atoms with Gasteiger partial charge in [0.2, 0.25) is 0 Å². The number of alkyl halides is 3. The Morgan fingerprint density at radius 3 is 2.27 bits per heavy atom. The molecule has 0 saturated heterocycles. The molecular formula is C20H18F3NO2. The number of carboxylic acid groups (broad SMARTS) is 1. The summed E-state index contributed by atoms with van der Waals surface area (Å²) in [6, 6.07) is 15.9. The molecule has 0 bridgehead atoms. The summed E-state index contributed by atoms with van der Waals surface area (Å²) in [4.78, 5) is 11.5. The van der Waals surface area contributed by atoms with E-state index in [1.165, 1.54) is 12.1 Å². The lowest BCUT2D eigenvalue weighted by Gasteiger charge is -2.14. The summed E-state index contributed by atoms with van der Waals surface area (Å²) in [5.74, 6) is -1.56. The summed E-state index contributed by atoms with van der Waals surface area (Å²) in [7, 11) is 0. The fourth-order valence-electron chi connectivity index (χ4n) is 3.29. The number of rotatable bonds is 6. The standard InChI is InChI=1S/C20H18F3NO2/c21-20(22,23)18-17(19(25)26)15-11-4-5-12-16(15)24(18)13-7-6-10-14-8-2-1-3-9-14/h1-5,8-9,11-12H,6-7,10,13H2,(H,25,26). The van der Waals surface area contributed by atoms with Crippen LogP contribution in [0.15, 0.2) is 54.6 Å². The van der Waals surface area contributed by atoms with Crippen molar-refractivity contribution in [3.05, 3.63) is 71.4 Å². The van der Waals surface area contributed by atoms with Crippen molar-refractivity contribution in [2.75, 3.05) is 0 Å². The van der Waals surface area contributed by atoms with Crippen LogP contribution < -0.4 is 0 Å². The van der Waals surface area contributed by atoms with Crippen LogP contribution in [0.4, 0.5) is 13.2 Å². The number of hydrogen-bond acceptors (Lipinski definition) is 1. The minimum atomic E-state index is -4.73. The number of para-hydroxylation sites is 1. The molecule has 0 aliphatic rings. The lowest BCUT2D eigenvalue weighted by Crippen LogP contribution is -2.18. The molecule has 1 aromatic heterocycles. The SMILES string of the molecule is O=C(O)c1c(C(F)(F)F)n(CCCCc2ccccc2)c2ccccc12. The molecule has 0 amide bonds. The van der Waals surface area contributed by atoms with Gasteiger partial charge in [-0.05, 0) is 30.9 Å². The molecule has 3 rings (SSSR count). The Balaban J connectivity index is 1.90. The number of carbonyl (C=O) groups is 1. The van der Waals surface area contributed by atoms with Gasteiger partial charge in [-0.3, -0.25) is 0 Å². The number of carboxylic acids is 1. The van der Waals surface area contributed by atoms with Gasteiger partial charge in [-0.25, -0.2) is 4.79 Å². The van der Waals surface area contributed by atoms with Crippen molar-refractivity contribution in [1.29, 1.82) is 0 Å². The third-order valence-electron chi connectivity index (χ3n) is 4.39. The van der Waals surface area contributed by atoms with Gasteiger partial charge in [0.25, 0.3) is 0 Å². The molecule has 0 aliphatic heterocycles. The van der Waals surface area contributed by atoms with E-state index in [0.717, 1.165) is 23.0 Å². The lowest BCUT2D eigenvalue weighted by molar-refractivity contribution is -0.143. The number of hydrogen-bond donors (Lipinski definition) is 1. The fraction of sp³-hybridized carbons (Fsp3) is 0.250. The predicted molar refractivity (Wildman–Crippen MR) is 93.3 cm³/mol. The van der Waals surface area contributed by atoms with Gasteiger partial charge in [0.1, 0.15) is 5.69 Å². The zero-order valence-electron chi connectivity index (χ0n) is 14.0. The number of benzene rings is 2. The first-order chi connectivity index (χ1) is 12.4. The highest BCUT2D eigenvalue weighted by atomic mass is 19.4. The van der Waals surface area contributed by atoms with E-state index < -0.39 is 23.4 Å². The number of aromatic carboxylic acids is 1. The first-order valence-electron chi connectivity index (χ1n) is 8.35. The molecule has 3 aromatic rings. The molecule has 0 atom stereocenters. The molecule has 0 spiro atoms. The zero-order chi connectivity index (χ0) is 18.7. The van der Waals surface area contributed by atoms with Crippen molar-refractivity contribution in [3.63, 3.8) is 0 Å². The third kappa shape index (κ3) is 3.59. The Morgan fingerprint density at radius 2 is 1.62 bits per heavy atom. The van der Waals surface area contributed by atoms with Crippen LogP contribution in [-0.4, -0.2) is 15.6 Å². The lowest BCUT2D eigenvalue weighted by atomic mass is 10.1. The maximum atomic E-state index is 13.6. The summed E-state index contributed by atoms with van der Waals surface area (Å²) in [5.41, 5.74) is -0.314. The van der Waals surface area contributed by atoms with Gasteiger partial charge < -0.3 is 9.67 Å². The second-order valence-electron chi connectivity index (χ2n) is 6.14. The van der Waals surface area contributed by atoms with Crippen molar-refractivity contribution in [1.82, 2.24) is 4.57 Å². The highest BCUT2D eigenvalue weighted by Gasteiger charge is 2.41. The molecule has 0 saturated carbocycles. The molecular weight excluding hydrogens is 343 g/mol. The van der Waals surface area contributed by atoms with Crippen LogP contribution in [0, 0.1) is 0 Å². The van der Waals surface area contributed by atoms with E-state index in [1.54, 1.807) is 12.1 Å². The van der Waals surface area contributed by atoms with Gasteiger partial charge >= 0.3 is 12.1 Å².